The molecule has 0 fully saturated rings. The number of hydrogen-bond donors (Lipinski definition) is 1. The van der Waals surface area contributed by atoms with Gasteiger partial charge in [-0.25, -0.2) is 26.2 Å². The van der Waals surface area contributed by atoms with Crippen molar-refractivity contribution >= 4 is 32.7 Å². The summed E-state index contributed by atoms with van der Waals surface area (Å²) in [4.78, 5) is 4.00. The van der Waals surface area contributed by atoms with Crippen LogP contribution < -0.4 is 4.74 Å². The lowest BCUT2D eigenvalue weighted by atomic mass is 10.2. The van der Waals surface area contributed by atoms with E-state index in [0.29, 0.717) is 0 Å². The van der Waals surface area contributed by atoms with Crippen LogP contribution in [-0.4, -0.2) is 33.8 Å². The number of benzene rings is 3. The molecule has 0 aliphatic carbocycles. The van der Waals surface area contributed by atoms with Crippen molar-refractivity contribution in [2.75, 3.05) is 6.26 Å². The zero-order valence-corrected chi connectivity index (χ0v) is 20.4. The molecule has 12 heteroatoms. The average Bonchev–Trinajstić information content (AvgIpc) is 3.55. The Balaban J connectivity index is 1.64. The van der Waals surface area contributed by atoms with Crippen LogP contribution in [-0.2, 0) is 10.0 Å². The fraction of sp³-hybridized carbons (Fsp3) is 0.0833. The predicted octanol–water partition coefficient (Wildman–Crippen LogP) is 5.90. The Morgan fingerprint density at radius 2 is 1.78 bits per heavy atom. The zero-order valence-electron chi connectivity index (χ0n) is 18.8. The maximum atomic E-state index is 15.4. The van der Waals surface area contributed by atoms with Gasteiger partial charge in [-0.1, -0.05) is 17.7 Å². The van der Waals surface area contributed by atoms with Gasteiger partial charge in [0.15, 0.2) is 17.4 Å². The number of aromatic amines is 1. The van der Waals surface area contributed by atoms with E-state index in [2.05, 4.69) is 15.2 Å². The second kappa shape index (κ2) is 9.03. The van der Waals surface area contributed by atoms with Crippen LogP contribution >= 0.6 is 11.8 Å². The third kappa shape index (κ3) is 3.91. The number of ether oxygens (including phenoxy) is 1. The topological polar surface area (TPSA) is 89.9 Å². The molecule has 0 saturated carbocycles. The van der Waals surface area contributed by atoms with Gasteiger partial charge in [0.2, 0.25) is 5.82 Å². The van der Waals surface area contributed by atoms with E-state index >= 15 is 8.78 Å². The summed E-state index contributed by atoms with van der Waals surface area (Å²) >= 11 is 1.05. The van der Waals surface area contributed by atoms with Crippen LogP contribution in [0.15, 0.2) is 70.8 Å². The normalized spacial score (nSPS) is 11.8. The number of nitrogens with one attached hydrogen (secondary N) is 1. The molecule has 2 aromatic heterocycles. The number of H-pyrrole nitrogens is 1. The lowest BCUT2D eigenvalue weighted by Crippen LogP contribution is -2.13. The van der Waals surface area contributed by atoms with Gasteiger partial charge >= 0.3 is 0 Å². The molecule has 0 radical (unpaired) electrons. The molecule has 5 rings (SSSR count). The number of hydrogen-bond acceptors (Lipinski definition) is 6. The minimum atomic E-state index is -4.21. The summed E-state index contributed by atoms with van der Waals surface area (Å²) in [6, 6.07) is 11.0. The van der Waals surface area contributed by atoms with E-state index in [-0.39, 0.29) is 32.3 Å². The van der Waals surface area contributed by atoms with Crippen molar-refractivity contribution in [1.82, 2.24) is 19.2 Å². The minimum absolute atomic E-state index is 0.0162. The highest BCUT2D eigenvalue weighted by Crippen LogP contribution is 2.43. The monoisotopic (exact) mass is 530 g/mol. The molecule has 0 bridgehead atoms. The van der Waals surface area contributed by atoms with Gasteiger partial charge in [0.25, 0.3) is 10.0 Å². The second-order valence-electron chi connectivity index (χ2n) is 7.76. The standard InChI is InChI=1S/C24H17F3N4O3S2/c1-13-3-6-15(7-4-13)36(32,33)31-10-9-16-21(31)19(26)20(27)22(23(16)35-2)34-14-5-8-18(25)17(11-14)24-28-12-29-30-24/h3-12H,1-2H3,(H,28,29,30). The van der Waals surface area contributed by atoms with Crippen LogP contribution in [0, 0.1) is 24.4 Å². The maximum absolute atomic E-state index is 15.4. The van der Waals surface area contributed by atoms with Crippen molar-refractivity contribution in [3.63, 3.8) is 0 Å². The Labute approximate surface area is 208 Å². The van der Waals surface area contributed by atoms with Crippen molar-refractivity contribution < 1.29 is 26.3 Å². The third-order valence-electron chi connectivity index (χ3n) is 5.51. The molecule has 0 amide bonds. The van der Waals surface area contributed by atoms with Gasteiger partial charge in [0.1, 0.15) is 23.4 Å². The molecule has 0 atom stereocenters. The number of aromatic nitrogens is 4. The quantitative estimate of drug-likeness (QED) is 0.275. The minimum Gasteiger partial charge on any atom is -0.453 e. The first-order chi connectivity index (χ1) is 17.2. The largest absolute Gasteiger partial charge is 0.453 e. The number of aryl methyl sites for hydroxylation is 1. The van der Waals surface area contributed by atoms with E-state index in [1.807, 2.05) is 0 Å². The average molecular weight is 531 g/mol. The van der Waals surface area contributed by atoms with E-state index in [9.17, 15) is 12.8 Å². The fourth-order valence-corrected chi connectivity index (χ4v) is 5.81. The molecule has 3 aromatic carbocycles. The highest BCUT2D eigenvalue weighted by atomic mass is 32.2. The third-order valence-corrected chi connectivity index (χ3v) is 8.02. The summed E-state index contributed by atoms with van der Waals surface area (Å²) < 4.78 is 78.0. The Morgan fingerprint density at radius 3 is 2.44 bits per heavy atom. The number of fused-ring (bicyclic) bond motifs is 1. The molecule has 2 heterocycles. The van der Waals surface area contributed by atoms with E-state index in [1.54, 1.807) is 25.3 Å². The van der Waals surface area contributed by atoms with Gasteiger partial charge in [-0.3, -0.25) is 5.10 Å². The van der Waals surface area contributed by atoms with Gasteiger partial charge in [-0.05, 0) is 49.6 Å². The Bertz CT molecular complexity index is 1700. The van der Waals surface area contributed by atoms with Crippen molar-refractivity contribution in [2.45, 2.75) is 16.7 Å². The van der Waals surface area contributed by atoms with Gasteiger partial charge in [-0.15, -0.1) is 11.8 Å². The number of halogens is 3. The molecule has 7 nitrogen and oxygen atoms in total. The summed E-state index contributed by atoms with van der Waals surface area (Å²) in [5, 5.41) is 6.36. The molecule has 0 aliphatic rings. The fourth-order valence-electron chi connectivity index (χ4n) is 3.76. The molecule has 0 saturated heterocycles. The number of thioether (sulfide) groups is 1. The highest BCUT2D eigenvalue weighted by Gasteiger charge is 2.28. The number of nitrogens with zero attached hydrogens (tertiary/aromatic N) is 3. The SMILES string of the molecule is CSc1c(Oc2ccc(F)c(-c3ncn[nH]3)c2)c(F)c(F)c2c1ccn2S(=O)(=O)c1ccc(C)cc1. The number of rotatable bonds is 6. The van der Waals surface area contributed by atoms with Gasteiger partial charge in [0, 0.05) is 11.6 Å². The van der Waals surface area contributed by atoms with Crippen molar-refractivity contribution in [3.8, 4) is 22.9 Å². The summed E-state index contributed by atoms with van der Waals surface area (Å²) in [5.74, 6) is -3.70. The second-order valence-corrected chi connectivity index (χ2v) is 10.4. The van der Waals surface area contributed by atoms with Gasteiger partial charge < -0.3 is 4.74 Å². The smallest absolute Gasteiger partial charge is 0.268 e. The summed E-state index contributed by atoms with van der Waals surface area (Å²) in [7, 11) is -4.21. The van der Waals surface area contributed by atoms with E-state index in [1.165, 1.54) is 42.9 Å². The molecule has 184 valence electrons. The molecule has 1 N–H and O–H groups in total. The lowest BCUT2D eigenvalue weighted by Gasteiger charge is -2.15. The van der Waals surface area contributed by atoms with Crippen LogP contribution in [0.2, 0.25) is 0 Å². The summed E-state index contributed by atoms with van der Waals surface area (Å²) in [6.07, 6.45) is 3.99. The molecule has 5 aromatic rings. The molecule has 0 spiro atoms. The predicted molar refractivity (Wildman–Crippen MR) is 129 cm³/mol. The van der Waals surface area contributed by atoms with Crippen molar-refractivity contribution in [3.05, 3.63) is 84.1 Å². The van der Waals surface area contributed by atoms with Crippen LogP contribution in [0.1, 0.15) is 5.56 Å². The maximum Gasteiger partial charge on any atom is 0.268 e. The Kier molecular flexibility index (Phi) is 6.00. The van der Waals surface area contributed by atoms with Crippen LogP contribution in [0.5, 0.6) is 11.5 Å². The first-order valence-electron chi connectivity index (χ1n) is 10.4. The summed E-state index contributed by atoms with van der Waals surface area (Å²) in [5.41, 5.74) is 0.432. The lowest BCUT2D eigenvalue weighted by molar-refractivity contribution is 0.409. The highest BCUT2D eigenvalue weighted by molar-refractivity contribution is 7.99. The van der Waals surface area contributed by atoms with Crippen molar-refractivity contribution in [2.24, 2.45) is 0 Å². The van der Waals surface area contributed by atoms with Gasteiger partial charge in [0.05, 0.1) is 15.4 Å². The van der Waals surface area contributed by atoms with Crippen molar-refractivity contribution in [1.29, 1.82) is 0 Å². The Hall–Kier alpha value is -3.77. The summed E-state index contributed by atoms with van der Waals surface area (Å²) in [6.45, 7) is 1.80. The molecular weight excluding hydrogens is 513 g/mol. The van der Waals surface area contributed by atoms with E-state index in [0.717, 1.165) is 27.4 Å². The van der Waals surface area contributed by atoms with Crippen LogP contribution in [0.4, 0.5) is 13.2 Å². The van der Waals surface area contributed by atoms with E-state index in [4.69, 9.17) is 4.74 Å². The first-order valence-corrected chi connectivity index (χ1v) is 13.1. The first kappa shape index (κ1) is 23.9. The van der Waals surface area contributed by atoms with Crippen LogP contribution in [0.3, 0.4) is 0 Å². The zero-order chi connectivity index (χ0) is 25.6. The molecule has 0 unspecified atom stereocenters. The molecule has 0 aliphatic heterocycles. The van der Waals surface area contributed by atoms with Gasteiger partial charge in [-0.2, -0.15) is 9.49 Å². The molecule has 36 heavy (non-hydrogen) atoms. The Morgan fingerprint density at radius 1 is 1.03 bits per heavy atom. The van der Waals surface area contributed by atoms with Crippen LogP contribution in [0.25, 0.3) is 22.3 Å². The molecular formula is C24H17F3N4O3S2. The van der Waals surface area contributed by atoms with E-state index < -0.39 is 38.7 Å².